The first kappa shape index (κ1) is 27.2. The number of carbonyl (C=O) groups excluding carboxylic acids is 1. The lowest BCUT2D eigenvalue weighted by Gasteiger charge is -2.31. The largest absolute Gasteiger partial charge is 0.479 e. The number of carboxylic acid groups (broad SMARTS) is 2. The van der Waals surface area contributed by atoms with Gasteiger partial charge in [-0.25, -0.2) is 14.0 Å². The van der Waals surface area contributed by atoms with Crippen molar-refractivity contribution in [2.24, 2.45) is 0 Å². The molecule has 2 unspecified atom stereocenters. The maximum Gasteiger partial charge on any atom is 0.335 e. The van der Waals surface area contributed by atoms with E-state index in [0.29, 0.717) is 12.2 Å². The van der Waals surface area contributed by atoms with Crippen molar-refractivity contribution in [2.75, 3.05) is 26.3 Å². The number of fused-ring (bicyclic) bond motifs is 1. The number of rotatable bonds is 8. The maximum absolute atomic E-state index is 12.7. The van der Waals surface area contributed by atoms with Gasteiger partial charge in [0.1, 0.15) is 6.67 Å². The second kappa shape index (κ2) is 12.4. The molecule has 0 aliphatic carbocycles. The number of halogens is 1. The van der Waals surface area contributed by atoms with Gasteiger partial charge in [-0.05, 0) is 32.8 Å². The van der Waals surface area contributed by atoms with Gasteiger partial charge in [0.15, 0.2) is 17.9 Å². The summed E-state index contributed by atoms with van der Waals surface area (Å²) < 4.78 is 14.3. The van der Waals surface area contributed by atoms with Gasteiger partial charge in [0.25, 0.3) is 5.91 Å². The number of amides is 1. The number of para-hydroxylation sites is 1. The van der Waals surface area contributed by atoms with E-state index in [0.717, 1.165) is 36.8 Å². The third-order valence-corrected chi connectivity index (χ3v) is 5.45. The lowest BCUT2D eigenvalue weighted by Crippen LogP contribution is -2.45. The highest BCUT2D eigenvalue weighted by Crippen LogP contribution is 2.22. The summed E-state index contributed by atoms with van der Waals surface area (Å²) in [7, 11) is 0. The molecule has 0 bridgehead atoms. The molecule has 1 aromatic carbocycles. The van der Waals surface area contributed by atoms with Crippen molar-refractivity contribution in [3.63, 3.8) is 0 Å². The second-order valence-corrected chi connectivity index (χ2v) is 8.25. The number of aliphatic hydroxyl groups excluding tert-OH is 2. The van der Waals surface area contributed by atoms with Crippen LogP contribution in [0.5, 0.6) is 0 Å². The number of aliphatic hydroxyl groups is 2. The molecule has 188 valence electrons. The van der Waals surface area contributed by atoms with E-state index in [2.05, 4.69) is 29.2 Å². The average molecular weight is 483 g/mol. The molecule has 34 heavy (non-hydrogen) atoms. The van der Waals surface area contributed by atoms with Crippen LogP contribution in [0.15, 0.2) is 24.3 Å². The van der Waals surface area contributed by atoms with Gasteiger partial charge in [0.05, 0.1) is 5.52 Å². The quantitative estimate of drug-likeness (QED) is 0.363. The Hall–Kier alpha value is -3.09. The van der Waals surface area contributed by atoms with E-state index < -0.39 is 24.1 Å². The molecule has 1 fully saturated rings. The van der Waals surface area contributed by atoms with Crippen LogP contribution >= 0.6 is 0 Å². The first-order valence-corrected chi connectivity index (χ1v) is 10.9. The van der Waals surface area contributed by atoms with E-state index in [-0.39, 0.29) is 24.7 Å². The summed E-state index contributed by atoms with van der Waals surface area (Å²) in [5.74, 6) is -3.65. The molecule has 1 amide bonds. The van der Waals surface area contributed by atoms with E-state index in [1.54, 1.807) is 0 Å². The van der Waals surface area contributed by atoms with Crippen molar-refractivity contribution in [3.05, 3.63) is 30.0 Å². The van der Waals surface area contributed by atoms with Crippen LogP contribution in [0.2, 0.25) is 0 Å². The fourth-order valence-electron chi connectivity index (χ4n) is 3.59. The highest BCUT2D eigenvalue weighted by molar-refractivity contribution is 6.05. The molecule has 3 rings (SSSR count). The van der Waals surface area contributed by atoms with Gasteiger partial charge in [-0.2, -0.15) is 5.10 Å². The summed E-state index contributed by atoms with van der Waals surface area (Å²) in [6.45, 7) is 5.95. The molecule has 0 saturated carbocycles. The standard InChI is InChI=1S/C18H25FN4O.C4H6O6/c1-13(2)23-16-6-4-3-5-15(16)17(21-23)18(24)20-14-7-10-22(11-8-14)12-9-19;5-1(3(7)8)2(6)4(9)10/h3-6,13-14H,7-12H2,1-2H3,(H,20,24);1-2,5-6H,(H,7,8)(H,9,10). The zero-order valence-electron chi connectivity index (χ0n) is 19.1. The SMILES string of the molecule is CC(C)n1nc(C(=O)NC2CCN(CCF)CC2)c2ccccc21.O=C(O)C(O)C(O)C(=O)O. The van der Waals surface area contributed by atoms with Crippen molar-refractivity contribution in [1.82, 2.24) is 20.0 Å². The summed E-state index contributed by atoms with van der Waals surface area (Å²) in [5.41, 5.74) is 1.47. The van der Waals surface area contributed by atoms with Crippen LogP contribution in [0.25, 0.3) is 10.9 Å². The summed E-state index contributed by atoms with van der Waals surface area (Å²) >= 11 is 0. The predicted octanol–water partition coefficient (Wildman–Crippen LogP) is 0.658. The Bertz CT molecular complexity index is 971. The van der Waals surface area contributed by atoms with E-state index in [4.69, 9.17) is 20.4 Å². The van der Waals surface area contributed by atoms with Gasteiger partial charge in [-0.1, -0.05) is 18.2 Å². The molecule has 1 aliphatic heterocycles. The topological polar surface area (TPSA) is 165 Å². The molecule has 1 saturated heterocycles. The number of alkyl halides is 1. The summed E-state index contributed by atoms with van der Waals surface area (Å²) in [6.07, 6.45) is -2.82. The number of hydrogen-bond donors (Lipinski definition) is 5. The number of carbonyl (C=O) groups is 3. The van der Waals surface area contributed by atoms with Gasteiger partial charge < -0.3 is 30.6 Å². The summed E-state index contributed by atoms with van der Waals surface area (Å²) in [5, 5.41) is 41.1. The Kier molecular flexibility index (Phi) is 9.90. The van der Waals surface area contributed by atoms with Crippen molar-refractivity contribution >= 4 is 28.7 Å². The van der Waals surface area contributed by atoms with Gasteiger partial charge in [0.2, 0.25) is 0 Å². The van der Waals surface area contributed by atoms with E-state index >= 15 is 0 Å². The molecule has 12 heteroatoms. The number of aliphatic carboxylic acids is 2. The maximum atomic E-state index is 12.7. The van der Waals surface area contributed by atoms with Crippen molar-refractivity contribution in [1.29, 1.82) is 0 Å². The molecule has 2 aromatic rings. The van der Waals surface area contributed by atoms with Crippen LogP contribution in [0.1, 0.15) is 43.2 Å². The molecule has 11 nitrogen and oxygen atoms in total. The summed E-state index contributed by atoms with van der Waals surface area (Å²) in [6, 6.07) is 8.16. The fourth-order valence-corrected chi connectivity index (χ4v) is 3.59. The third-order valence-electron chi connectivity index (χ3n) is 5.45. The number of nitrogens with one attached hydrogen (secondary N) is 1. The van der Waals surface area contributed by atoms with Crippen LogP contribution in [0, 0.1) is 0 Å². The predicted molar refractivity (Wildman–Crippen MR) is 120 cm³/mol. The van der Waals surface area contributed by atoms with Gasteiger partial charge >= 0.3 is 11.9 Å². The average Bonchev–Trinajstić information content (AvgIpc) is 3.20. The number of likely N-dealkylation sites (tertiary alicyclic amines) is 1. The highest BCUT2D eigenvalue weighted by atomic mass is 19.1. The Morgan fingerprint density at radius 1 is 1.09 bits per heavy atom. The van der Waals surface area contributed by atoms with E-state index in [1.165, 1.54) is 0 Å². The third kappa shape index (κ3) is 6.95. The normalized spacial score (nSPS) is 16.5. The zero-order valence-corrected chi connectivity index (χ0v) is 19.1. The Labute approximate surface area is 195 Å². The molecule has 2 atom stereocenters. The van der Waals surface area contributed by atoms with Crippen molar-refractivity contribution in [3.8, 4) is 0 Å². The van der Waals surface area contributed by atoms with E-state index in [9.17, 15) is 18.8 Å². The minimum atomic E-state index is -2.27. The molecular formula is C22H31FN4O7. The van der Waals surface area contributed by atoms with Crippen molar-refractivity contribution in [2.45, 2.75) is 51.0 Å². The fraction of sp³-hybridized carbons (Fsp3) is 0.545. The first-order valence-electron chi connectivity index (χ1n) is 10.9. The van der Waals surface area contributed by atoms with Gasteiger partial charge in [0, 0.05) is 37.1 Å². The Morgan fingerprint density at radius 2 is 1.65 bits per heavy atom. The highest BCUT2D eigenvalue weighted by Gasteiger charge is 2.29. The molecule has 2 heterocycles. The molecule has 1 aliphatic rings. The van der Waals surface area contributed by atoms with Crippen LogP contribution in [0.4, 0.5) is 4.39 Å². The first-order chi connectivity index (χ1) is 16.1. The Balaban J connectivity index is 0.000000347. The number of nitrogens with zero attached hydrogens (tertiary/aromatic N) is 3. The van der Waals surface area contributed by atoms with Crippen LogP contribution < -0.4 is 5.32 Å². The zero-order chi connectivity index (χ0) is 25.4. The minimum Gasteiger partial charge on any atom is -0.479 e. The number of benzene rings is 1. The van der Waals surface area contributed by atoms with Crippen LogP contribution in [0.3, 0.4) is 0 Å². The molecule has 5 N–H and O–H groups in total. The second-order valence-electron chi connectivity index (χ2n) is 8.25. The Morgan fingerprint density at radius 3 is 2.15 bits per heavy atom. The number of piperidine rings is 1. The van der Waals surface area contributed by atoms with Gasteiger partial charge in [-0.3, -0.25) is 9.48 Å². The smallest absolute Gasteiger partial charge is 0.335 e. The van der Waals surface area contributed by atoms with E-state index in [1.807, 2.05) is 28.9 Å². The molecular weight excluding hydrogens is 451 g/mol. The number of hydrogen-bond acceptors (Lipinski definition) is 7. The van der Waals surface area contributed by atoms with Crippen molar-refractivity contribution < 1.29 is 39.2 Å². The number of aromatic nitrogens is 2. The lowest BCUT2D eigenvalue weighted by atomic mass is 10.0. The number of carboxylic acids is 2. The van der Waals surface area contributed by atoms with Crippen LogP contribution in [-0.2, 0) is 9.59 Å². The minimum absolute atomic E-state index is 0.116. The van der Waals surface area contributed by atoms with Crippen LogP contribution in [-0.4, -0.2) is 97.5 Å². The lowest BCUT2D eigenvalue weighted by molar-refractivity contribution is -0.165. The molecule has 0 radical (unpaired) electrons. The molecule has 1 aromatic heterocycles. The monoisotopic (exact) mass is 482 g/mol. The molecule has 0 spiro atoms. The van der Waals surface area contributed by atoms with Gasteiger partial charge in [-0.15, -0.1) is 0 Å². The summed E-state index contributed by atoms with van der Waals surface area (Å²) in [4.78, 5) is 34.4.